The van der Waals surface area contributed by atoms with Crippen molar-refractivity contribution in [1.29, 1.82) is 0 Å². The summed E-state index contributed by atoms with van der Waals surface area (Å²) in [5.41, 5.74) is 2.22. The van der Waals surface area contributed by atoms with Gasteiger partial charge in [0.25, 0.3) is 0 Å². The summed E-state index contributed by atoms with van der Waals surface area (Å²) in [6.45, 7) is 7.26. The average Bonchev–Trinajstić information content (AvgIpc) is 3.14. The van der Waals surface area contributed by atoms with Crippen LogP contribution in [0.5, 0.6) is 0 Å². The molecule has 1 aliphatic rings. The van der Waals surface area contributed by atoms with E-state index >= 15 is 0 Å². The van der Waals surface area contributed by atoms with E-state index in [0.29, 0.717) is 6.61 Å². The highest BCUT2D eigenvalue weighted by molar-refractivity contribution is 7.16. The van der Waals surface area contributed by atoms with E-state index < -0.39 is 0 Å². The van der Waals surface area contributed by atoms with Crippen LogP contribution in [0, 0.1) is 13.8 Å². The molecule has 3 aromatic heterocycles. The van der Waals surface area contributed by atoms with Crippen LogP contribution in [0.2, 0.25) is 0 Å². The molecule has 0 aromatic carbocycles. The molecule has 1 fully saturated rings. The van der Waals surface area contributed by atoms with E-state index in [2.05, 4.69) is 44.4 Å². The average molecular weight is 329 g/mol. The summed E-state index contributed by atoms with van der Waals surface area (Å²) in [6, 6.07) is 4.20. The Labute approximate surface area is 138 Å². The van der Waals surface area contributed by atoms with Crippen molar-refractivity contribution in [3.8, 4) is 0 Å². The van der Waals surface area contributed by atoms with Crippen LogP contribution in [0.4, 0.5) is 5.82 Å². The highest BCUT2D eigenvalue weighted by atomic mass is 32.1. The summed E-state index contributed by atoms with van der Waals surface area (Å²) < 4.78 is 7.98. The van der Waals surface area contributed by atoms with Gasteiger partial charge in [0.05, 0.1) is 30.3 Å². The summed E-state index contributed by atoms with van der Waals surface area (Å²) >= 11 is 1.65. The Morgan fingerprint density at radius 1 is 1.35 bits per heavy atom. The Hall–Kier alpha value is -1.99. The van der Waals surface area contributed by atoms with Gasteiger partial charge in [0.1, 0.15) is 17.0 Å². The zero-order valence-electron chi connectivity index (χ0n) is 13.3. The zero-order chi connectivity index (χ0) is 15.8. The number of thiophene rings is 1. The molecule has 1 aliphatic heterocycles. The summed E-state index contributed by atoms with van der Waals surface area (Å²) in [5.74, 6) is 1.01. The van der Waals surface area contributed by atoms with Crippen LogP contribution in [0.1, 0.15) is 11.4 Å². The molecule has 0 saturated carbocycles. The molecule has 0 bridgehead atoms. The minimum atomic E-state index is 0.116. The van der Waals surface area contributed by atoms with E-state index in [4.69, 9.17) is 4.74 Å². The molecule has 0 aliphatic carbocycles. The van der Waals surface area contributed by atoms with Crippen LogP contribution < -0.4 is 4.90 Å². The van der Waals surface area contributed by atoms with Gasteiger partial charge >= 0.3 is 0 Å². The number of nitrogens with zero attached hydrogens (tertiary/aromatic N) is 5. The maximum Gasteiger partial charge on any atom is 0.140 e. The molecule has 0 radical (unpaired) electrons. The third-order valence-electron chi connectivity index (χ3n) is 4.16. The molecule has 0 unspecified atom stereocenters. The number of morpholine rings is 1. The zero-order valence-corrected chi connectivity index (χ0v) is 14.1. The minimum absolute atomic E-state index is 0.116. The first-order chi connectivity index (χ1) is 11.2. The molecule has 0 N–H and O–H groups in total. The van der Waals surface area contributed by atoms with Crippen LogP contribution in [0.3, 0.4) is 0 Å². The van der Waals surface area contributed by atoms with Crippen molar-refractivity contribution in [2.45, 2.75) is 26.5 Å². The second kappa shape index (κ2) is 5.90. The molecule has 7 heteroatoms. The van der Waals surface area contributed by atoms with E-state index in [-0.39, 0.29) is 6.10 Å². The standard InChI is InChI=1S/C16H19N5OS/c1-11-7-12(2)21(19-11)9-13-8-20(4-5-22-13)15-14-3-6-23-16(14)18-10-17-15/h3,6-7,10,13H,4-5,8-9H2,1-2H3/t13-/m0/s1. The Balaban J connectivity index is 1.55. The normalized spacial score (nSPS) is 18.7. The van der Waals surface area contributed by atoms with Gasteiger partial charge in [-0.25, -0.2) is 9.97 Å². The summed E-state index contributed by atoms with van der Waals surface area (Å²) in [7, 11) is 0. The van der Waals surface area contributed by atoms with Crippen molar-refractivity contribution in [3.63, 3.8) is 0 Å². The SMILES string of the molecule is Cc1cc(C)n(C[C@@H]2CN(c3ncnc4sccc34)CCO2)n1. The molecule has 1 atom stereocenters. The lowest BCUT2D eigenvalue weighted by Gasteiger charge is -2.34. The first kappa shape index (κ1) is 14.6. The highest BCUT2D eigenvalue weighted by Crippen LogP contribution is 2.28. The third kappa shape index (κ3) is 2.82. The number of aromatic nitrogens is 4. The Kier molecular flexibility index (Phi) is 3.74. The molecule has 3 aromatic rings. The fourth-order valence-corrected chi connectivity index (χ4v) is 3.83. The maximum atomic E-state index is 5.95. The topological polar surface area (TPSA) is 56.1 Å². The minimum Gasteiger partial charge on any atom is -0.373 e. The number of hydrogen-bond donors (Lipinski definition) is 0. The number of aryl methyl sites for hydroxylation is 2. The largest absolute Gasteiger partial charge is 0.373 e. The number of rotatable bonds is 3. The van der Waals surface area contributed by atoms with Gasteiger partial charge in [0.2, 0.25) is 0 Å². The first-order valence-corrected chi connectivity index (χ1v) is 8.64. The first-order valence-electron chi connectivity index (χ1n) is 7.76. The summed E-state index contributed by atoms with van der Waals surface area (Å²) in [4.78, 5) is 12.2. The molecule has 6 nitrogen and oxygen atoms in total. The van der Waals surface area contributed by atoms with Crippen molar-refractivity contribution < 1.29 is 4.74 Å². The number of anilines is 1. The van der Waals surface area contributed by atoms with Gasteiger partial charge in [-0.1, -0.05) is 0 Å². The predicted molar refractivity (Wildman–Crippen MR) is 91.1 cm³/mol. The van der Waals surface area contributed by atoms with Gasteiger partial charge in [-0.3, -0.25) is 4.68 Å². The van der Waals surface area contributed by atoms with E-state index in [0.717, 1.165) is 41.4 Å². The summed E-state index contributed by atoms with van der Waals surface area (Å²) in [6.07, 6.45) is 1.77. The lowest BCUT2D eigenvalue weighted by Crippen LogP contribution is -2.45. The maximum absolute atomic E-state index is 5.95. The molecule has 0 spiro atoms. The molecule has 120 valence electrons. The van der Waals surface area contributed by atoms with E-state index in [1.165, 1.54) is 5.69 Å². The van der Waals surface area contributed by atoms with E-state index in [9.17, 15) is 0 Å². The van der Waals surface area contributed by atoms with Crippen LogP contribution in [0.25, 0.3) is 10.2 Å². The van der Waals surface area contributed by atoms with Gasteiger partial charge in [-0.05, 0) is 31.4 Å². The van der Waals surface area contributed by atoms with Gasteiger partial charge in [0, 0.05) is 18.8 Å². The van der Waals surface area contributed by atoms with E-state index in [1.54, 1.807) is 17.7 Å². The van der Waals surface area contributed by atoms with Gasteiger partial charge in [0.15, 0.2) is 0 Å². The predicted octanol–water partition coefficient (Wildman–Crippen LogP) is 2.41. The number of ether oxygens (including phenoxy) is 1. The monoisotopic (exact) mass is 329 g/mol. The van der Waals surface area contributed by atoms with Crippen molar-refractivity contribution in [3.05, 3.63) is 35.2 Å². The smallest absolute Gasteiger partial charge is 0.140 e. The van der Waals surface area contributed by atoms with Gasteiger partial charge in [-0.15, -0.1) is 11.3 Å². The Morgan fingerprint density at radius 3 is 3.09 bits per heavy atom. The molecule has 4 rings (SSSR count). The second-order valence-corrected chi connectivity index (χ2v) is 6.78. The lowest BCUT2D eigenvalue weighted by atomic mass is 10.2. The van der Waals surface area contributed by atoms with Crippen molar-refractivity contribution in [1.82, 2.24) is 19.7 Å². The van der Waals surface area contributed by atoms with Crippen molar-refractivity contribution in [2.75, 3.05) is 24.6 Å². The van der Waals surface area contributed by atoms with Crippen molar-refractivity contribution >= 4 is 27.4 Å². The quantitative estimate of drug-likeness (QED) is 0.738. The Bertz CT molecular complexity index is 827. The molecule has 23 heavy (non-hydrogen) atoms. The Morgan fingerprint density at radius 2 is 2.26 bits per heavy atom. The van der Waals surface area contributed by atoms with Gasteiger partial charge < -0.3 is 9.64 Å². The van der Waals surface area contributed by atoms with Crippen LogP contribution in [-0.4, -0.2) is 45.5 Å². The molecule has 0 amide bonds. The molecule has 1 saturated heterocycles. The lowest BCUT2D eigenvalue weighted by molar-refractivity contribution is 0.0268. The highest BCUT2D eigenvalue weighted by Gasteiger charge is 2.24. The number of hydrogen-bond acceptors (Lipinski definition) is 6. The van der Waals surface area contributed by atoms with Gasteiger partial charge in [-0.2, -0.15) is 5.10 Å². The third-order valence-corrected chi connectivity index (χ3v) is 4.98. The fraction of sp³-hybridized carbons (Fsp3) is 0.438. The van der Waals surface area contributed by atoms with Crippen LogP contribution >= 0.6 is 11.3 Å². The second-order valence-electron chi connectivity index (χ2n) is 5.88. The van der Waals surface area contributed by atoms with E-state index in [1.807, 2.05) is 11.6 Å². The molecule has 4 heterocycles. The molecular formula is C16H19N5OS. The number of fused-ring (bicyclic) bond motifs is 1. The summed E-state index contributed by atoms with van der Waals surface area (Å²) in [5, 5.41) is 7.73. The van der Waals surface area contributed by atoms with Crippen molar-refractivity contribution in [2.24, 2.45) is 0 Å². The molecular weight excluding hydrogens is 310 g/mol. The van der Waals surface area contributed by atoms with Crippen LogP contribution in [0.15, 0.2) is 23.8 Å². The fourth-order valence-electron chi connectivity index (χ4n) is 3.10. The van der Waals surface area contributed by atoms with Crippen LogP contribution in [-0.2, 0) is 11.3 Å².